The van der Waals surface area contributed by atoms with E-state index in [2.05, 4.69) is 28.6 Å². The number of hydrogen-bond donors (Lipinski definition) is 0. The average molecular weight is 310 g/mol. The lowest BCUT2D eigenvalue weighted by atomic mass is 10.2. The summed E-state index contributed by atoms with van der Waals surface area (Å²) in [6, 6.07) is 0. The molecule has 0 amide bonds. The van der Waals surface area contributed by atoms with Gasteiger partial charge in [-0.15, -0.1) is 23.1 Å². The number of thiophene rings is 1. The van der Waals surface area contributed by atoms with Gasteiger partial charge in [0.2, 0.25) is 0 Å². The summed E-state index contributed by atoms with van der Waals surface area (Å²) in [5, 5.41) is 2.19. The summed E-state index contributed by atoms with van der Waals surface area (Å²) in [4.78, 5) is 22.5. The lowest BCUT2D eigenvalue weighted by molar-refractivity contribution is -0.140. The van der Waals surface area contributed by atoms with Gasteiger partial charge in [-0.2, -0.15) is 0 Å². The Morgan fingerprint density at radius 3 is 2.75 bits per heavy atom. The van der Waals surface area contributed by atoms with Crippen molar-refractivity contribution in [2.24, 2.45) is 0 Å². The van der Waals surface area contributed by atoms with E-state index in [4.69, 9.17) is 0 Å². The summed E-state index contributed by atoms with van der Waals surface area (Å²) in [6.07, 6.45) is 1.25. The van der Waals surface area contributed by atoms with Crippen molar-refractivity contribution in [3.05, 3.63) is 16.3 Å². The maximum atomic E-state index is 11.1. The van der Waals surface area contributed by atoms with Crippen LogP contribution in [0.5, 0.6) is 0 Å². The average Bonchev–Trinajstić information content (AvgIpc) is 2.69. The van der Waals surface area contributed by atoms with Crippen molar-refractivity contribution in [1.82, 2.24) is 9.97 Å². The number of fused-ring (bicyclic) bond motifs is 1. The topological polar surface area (TPSA) is 52.1 Å². The highest BCUT2D eigenvalue weighted by Gasteiger charge is 2.13. The number of methoxy groups -OCH3 is 1. The summed E-state index contributed by atoms with van der Waals surface area (Å²) in [7, 11) is 1.42. The van der Waals surface area contributed by atoms with Gasteiger partial charge in [-0.1, -0.05) is 0 Å². The predicted molar refractivity (Wildman–Crippen MR) is 83.6 cm³/mol. The van der Waals surface area contributed by atoms with E-state index in [0.29, 0.717) is 6.42 Å². The molecule has 20 heavy (non-hydrogen) atoms. The number of aromatic nitrogens is 2. The second-order valence-corrected chi connectivity index (χ2v) is 6.85. The van der Waals surface area contributed by atoms with Gasteiger partial charge in [-0.25, -0.2) is 9.97 Å². The third kappa shape index (κ3) is 3.30. The number of hydrogen-bond acceptors (Lipinski definition) is 6. The van der Waals surface area contributed by atoms with Crippen molar-refractivity contribution in [3.8, 4) is 0 Å². The van der Waals surface area contributed by atoms with Crippen LogP contribution in [0.3, 0.4) is 0 Å². The minimum absolute atomic E-state index is 0.155. The van der Waals surface area contributed by atoms with E-state index in [-0.39, 0.29) is 5.97 Å². The monoisotopic (exact) mass is 310 g/mol. The minimum Gasteiger partial charge on any atom is -0.469 e. The molecule has 0 radical (unpaired) electrons. The SMILES string of the molecule is COC(=O)CCCSc1nc(C)nc2sc(C)c(C)c12. The van der Waals surface area contributed by atoms with Gasteiger partial charge < -0.3 is 4.74 Å². The molecular weight excluding hydrogens is 292 g/mol. The zero-order chi connectivity index (χ0) is 14.7. The van der Waals surface area contributed by atoms with E-state index in [9.17, 15) is 4.79 Å². The second-order valence-electron chi connectivity index (χ2n) is 4.57. The molecule has 0 saturated heterocycles. The quantitative estimate of drug-likeness (QED) is 0.365. The number of thioether (sulfide) groups is 1. The summed E-state index contributed by atoms with van der Waals surface area (Å²) >= 11 is 3.41. The molecule has 2 aromatic heterocycles. The Hall–Kier alpha value is -1.14. The molecule has 2 aromatic rings. The molecule has 2 heterocycles. The molecule has 0 aliphatic heterocycles. The highest BCUT2D eigenvalue weighted by Crippen LogP contribution is 2.35. The Kier molecular flexibility index (Phi) is 4.99. The van der Waals surface area contributed by atoms with Crippen LogP contribution in [0.2, 0.25) is 0 Å². The van der Waals surface area contributed by atoms with E-state index < -0.39 is 0 Å². The van der Waals surface area contributed by atoms with Crippen LogP contribution in [-0.2, 0) is 9.53 Å². The molecule has 0 atom stereocenters. The van der Waals surface area contributed by atoms with Crippen molar-refractivity contribution < 1.29 is 9.53 Å². The van der Waals surface area contributed by atoms with Crippen LogP contribution in [0.4, 0.5) is 0 Å². The number of carbonyl (C=O) groups is 1. The van der Waals surface area contributed by atoms with E-state index in [1.165, 1.54) is 22.9 Å². The van der Waals surface area contributed by atoms with Crippen LogP contribution in [0.1, 0.15) is 29.1 Å². The summed E-state index contributed by atoms with van der Waals surface area (Å²) in [6.45, 7) is 6.15. The van der Waals surface area contributed by atoms with Gasteiger partial charge >= 0.3 is 5.97 Å². The van der Waals surface area contributed by atoms with Gasteiger partial charge in [0.25, 0.3) is 0 Å². The third-order valence-electron chi connectivity index (χ3n) is 3.10. The fourth-order valence-electron chi connectivity index (χ4n) is 1.91. The Morgan fingerprint density at radius 2 is 2.05 bits per heavy atom. The zero-order valence-electron chi connectivity index (χ0n) is 12.1. The van der Waals surface area contributed by atoms with Crippen LogP contribution >= 0.6 is 23.1 Å². The van der Waals surface area contributed by atoms with Crippen LogP contribution in [0.25, 0.3) is 10.2 Å². The molecule has 2 rings (SSSR count). The fourth-order valence-corrected chi connectivity index (χ4v) is 4.12. The van der Waals surface area contributed by atoms with E-state index in [1.54, 1.807) is 23.1 Å². The van der Waals surface area contributed by atoms with Crippen molar-refractivity contribution in [2.75, 3.05) is 12.9 Å². The molecule has 0 aliphatic rings. The molecule has 0 unspecified atom stereocenters. The van der Waals surface area contributed by atoms with Gasteiger partial charge in [-0.05, 0) is 32.8 Å². The molecule has 0 bridgehead atoms. The summed E-state index contributed by atoms with van der Waals surface area (Å²) in [5.74, 6) is 1.50. The highest BCUT2D eigenvalue weighted by atomic mass is 32.2. The van der Waals surface area contributed by atoms with Crippen molar-refractivity contribution in [3.63, 3.8) is 0 Å². The Bertz CT molecular complexity index is 638. The molecule has 0 spiro atoms. The van der Waals surface area contributed by atoms with Crippen LogP contribution in [0, 0.1) is 20.8 Å². The first-order valence-corrected chi connectivity index (χ1v) is 8.27. The first kappa shape index (κ1) is 15.3. The summed E-state index contributed by atoms with van der Waals surface area (Å²) in [5.41, 5.74) is 1.26. The van der Waals surface area contributed by atoms with Crippen LogP contribution in [-0.4, -0.2) is 28.8 Å². The largest absolute Gasteiger partial charge is 0.469 e. The standard InChI is InChI=1S/C14H18N2O2S2/c1-8-9(2)20-14-12(8)13(15-10(3)16-14)19-7-5-6-11(17)18-4/h5-7H2,1-4H3. The maximum Gasteiger partial charge on any atom is 0.305 e. The first-order valence-electron chi connectivity index (χ1n) is 6.47. The first-order chi connectivity index (χ1) is 9.52. The lowest BCUT2D eigenvalue weighted by Gasteiger charge is -2.04. The lowest BCUT2D eigenvalue weighted by Crippen LogP contribution is -2.00. The summed E-state index contributed by atoms with van der Waals surface area (Å²) < 4.78 is 4.64. The molecule has 108 valence electrons. The minimum atomic E-state index is -0.155. The molecule has 6 heteroatoms. The van der Waals surface area contributed by atoms with Crippen molar-refractivity contribution in [2.45, 2.75) is 38.6 Å². The molecule has 0 fully saturated rings. The van der Waals surface area contributed by atoms with Gasteiger partial charge in [0.15, 0.2) is 0 Å². The van der Waals surface area contributed by atoms with Crippen molar-refractivity contribution in [1.29, 1.82) is 0 Å². The van der Waals surface area contributed by atoms with Gasteiger partial charge in [0, 0.05) is 22.4 Å². The zero-order valence-corrected chi connectivity index (χ0v) is 13.8. The maximum absolute atomic E-state index is 11.1. The van der Waals surface area contributed by atoms with E-state index >= 15 is 0 Å². The molecule has 4 nitrogen and oxygen atoms in total. The van der Waals surface area contributed by atoms with Gasteiger partial charge in [0.05, 0.1) is 7.11 Å². The van der Waals surface area contributed by atoms with Gasteiger partial charge in [0.1, 0.15) is 15.7 Å². The Balaban J connectivity index is 2.15. The molecular formula is C14H18N2O2S2. The number of rotatable bonds is 5. The number of ether oxygens (including phenoxy) is 1. The van der Waals surface area contributed by atoms with Gasteiger partial charge in [-0.3, -0.25) is 4.79 Å². The van der Waals surface area contributed by atoms with E-state index in [1.807, 2.05) is 6.92 Å². The second kappa shape index (κ2) is 6.54. The number of esters is 1. The molecule has 0 aromatic carbocycles. The van der Waals surface area contributed by atoms with E-state index in [0.717, 1.165) is 27.9 Å². The number of nitrogens with zero attached hydrogens (tertiary/aromatic N) is 2. The normalized spacial score (nSPS) is 11.0. The number of carbonyl (C=O) groups excluding carboxylic acids is 1. The fraction of sp³-hybridized carbons (Fsp3) is 0.500. The van der Waals surface area contributed by atoms with Crippen LogP contribution < -0.4 is 0 Å². The Labute approximate surface area is 127 Å². The highest BCUT2D eigenvalue weighted by molar-refractivity contribution is 7.99. The predicted octanol–water partition coefficient (Wildman–Crippen LogP) is 3.66. The number of aryl methyl sites for hydroxylation is 3. The van der Waals surface area contributed by atoms with Crippen molar-refractivity contribution >= 4 is 39.3 Å². The van der Waals surface area contributed by atoms with Crippen LogP contribution in [0.15, 0.2) is 5.03 Å². The Morgan fingerprint density at radius 1 is 1.30 bits per heavy atom. The third-order valence-corrected chi connectivity index (χ3v) is 5.26. The molecule has 0 aliphatic carbocycles. The molecule has 0 saturated carbocycles. The smallest absolute Gasteiger partial charge is 0.305 e. The molecule has 0 N–H and O–H groups in total.